The van der Waals surface area contributed by atoms with Crippen molar-refractivity contribution in [3.05, 3.63) is 0 Å². The second-order valence-electron chi connectivity index (χ2n) is 5.80. The highest BCUT2D eigenvalue weighted by Crippen LogP contribution is 2.29. The van der Waals surface area contributed by atoms with E-state index in [1.165, 1.54) is 14.2 Å². The van der Waals surface area contributed by atoms with E-state index in [0.717, 1.165) is 0 Å². The van der Waals surface area contributed by atoms with Gasteiger partial charge in [-0.05, 0) is 13.8 Å². The number of aliphatic hydroxyl groups is 3. The summed E-state index contributed by atoms with van der Waals surface area (Å²) in [6.45, 7) is 3.43. The normalized spacial score (nSPS) is 50.0. The van der Waals surface area contributed by atoms with Gasteiger partial charge in [-0.2, -0.15) is 0 Å². The predicted octanol–water partition coefficient (Wildman–Crippen LogP) is -1.00. The topological polar surface area (TPSA) is 107 Å². The zero-order chi connectivity index (χ0) is 16.4. The maximum Gasteiger partial charge on any atom is 0.187 e. The molecule has 0 bridgehead atoms. The van der Waals surface area contributed by atoms with Crippen molar-refractivity contribution < 1.29 is 39.0 Å². The van der Waals surface area contributed by atoms with Crippen molar-refractivity contribution >= 4 is 0 Å². The Morgan fingerprint density at radius 3 is 2.14 bits per heavy atom. The van der Waals surface area contributed by atoms with Gasteiger partial charge in [0.1, 0.15) is 24.4 Å². The molecule has 2 saturated heterocycles. The molecule has 0 saturated carbocycles. The number of aliphatic hydroxyl groups excluding tert-OH is 3. The summed E-state index contributed by atoms with van der Waals surface area (Å²) in [7, 11) is 2.93. The summed E-state index contributed by atoms with van der Waals surface area (Å²) in [6.07, 6.45) is -6.42. The minimum Gasteiger partial charge on any atom is -0.388 e. The van der Waals surface area contributed by atoms with Gasteiger partial charge in [0, 0.05) is 20.6 Å². The number of hydrogen-bond acceptors (Lipinski definition) is 8. The minimum atomic E-state index is -1.15. The van der Waals surface area contributed by atoms with E-state index < -0.39 is 55.3 Å². The van der Waals surface area contributed by atoms with Crippen molar-refractivity contribution in [2.45, 2.75) is 75.6 Å². The van der Waals surface area contributed by atoms with Gasteiger partial charge in [-0.25, -0.2) is 0 Å². The van der Waals surface area contributed by atoms with Gasteiger partial charge in [-0.3, -0.25) is 0 Å². The van der Waals surface area contributed by atoms with Crippen molar-refractivity contribution in [2.24, 2.45) is 0 Å². The van der Waals surface area contributed by atoms with Crippen molar-refractivity contribution in [1.82, 2.24) is 0 Å². The summed E-state index contributed by atoms with van der Waals surface area (Å²) in [5.41, 5.74) is 0. The summed E-state index contributed by atoms with van der Waals surface area (Å²) in [5.74, 6) is 0. The van der Waals surface area contributed by atoms with Gasteiger partial charge in [-0.15, -0.1) is 0 Å². The standard InChI is InChI=1S/C14H26O8/c1-6-10(16)13(19-4)11(17)14(21-6)22-12-7(2)20-9(15)5-8(12)18-3/h6-17H,5H2,1-4H3/t6-,7-,8+,9+,10+,11-,12+,13-,14-/m0/s1. The van der Waals surface area contributed by atoms with Crippen LogP contribution in [0.3, 0.4) is 0 Å². The summed E-state index contributed by atoms with van der Waals surface area (Å²) in [4.78, 5) is 0. The largest absolute Gasteiger partial charge is 0.388 e. The van der Waals surface area contributed by atoms with Crippen molar-refractivity contribution in [2.75, 3.05) is 14.2 Å². The first-order valence-electron chi connectivity index (χ1n) is 7.45. The highest BCUT2D eigenvalue weighted by Gasteiger charge is 2.47. The molecule has 0 unspecified atom stereocenters. The van der Waals surface area contributed by atoms with Crippen LogP contribution in [-0.4, -0.2) is 84.8 Å². The Morgan fingerprint density at radius 2 is 1.55 bits per heavy atom. The fraction of sp³-hybridized carbons (Fsp3) is 1.00. The minimum absolute atomic E-state index is 0.264. The monoisotopic (exact) mass is 322 g/mol. The molecule has 2 fully saturated rings. The smallest absolute Gasteiger partial charge is 0.187 e. The summed E-state index contributed by atoms with van der Waals surface area (Å²) in [5, 5.41) is 29.9. The maximum absolute atomic E-state index is 10.3. The molecule has 2 rings (SSSR count). The van der Waals surface area contributed by atoms with Crippen molar-refractivity contribution in [3.63, 3.8) is 0 Å². The molecule has 0 radical (unpaired) electrons. The Morgan fingerprint density at radius 1 is 0.864 bits per heavy atom. The number of ether oxygens (including phenoxy) is 5. The van der Waals surface area contributed by atoms with Crippen molar-refractivity contribution in [1.29, 1.82) is 0 Å². The average Bonchev–Trinajstić information content (AvgIpc) is 2.47. The van der Waals surface area contributed by atoms with Crippen LogP contribution >= 0.6 is 0 Å². The van der Waals surface area contributed by atoms with Crippen LogP contribution in [0.2, 0.25) is 0 Å². The van der Waals surface area contributed by atoms with Crippen LogP contribution in [0.1, 0.15) is 20.3 Å². The molecule has 2 aliphatic heterocycles. The van der Waals surface area contributed by atoms with Gasteiger partial charge in [0.05, 0.1) is 18.3 Å². The van der Waals surface area contributed by atoms with Gasteiger partial charge in [-0.1, -0.05) is 0 Å². The third-order valence-corrected chi connectivity index (χ3v) is 4.28. The molecule has 0 amide bonds. The fourth-order valence-corrected chi connectivity index (χ4v) is 2.99. The Kier molecular flexibility index (Phi) is 6.14. The maximum atomic E-state index is 10.3. The lowest BCUT2D eigenvalue weighted by Gasteiger charge is -2.44. The number of hydrogen-bond donors (Lipinski definition) is 3. The molecule has 0 aromatic heterocycles. The van der Waals surface area contributed by atoms with Crippen LogP contribution < -0.4 is 0 Å². The SMILES string of the molecule is CO[C@@H]1[C@H](O)[C@H](O[C@@H]2[C@H](C)O[C@@H](O)C[C@H]2OC)O[C@@H](C)[C@H]1O. The van der Waals surface area contributed by atoms with E-state index in [4.69, 9.17) is 23.7 Å². The second kappa shape index (κ2) is 7.50. The quantitative estimate of drug-likeness (QED) is 0.605. The van der Waals surface area contributed by atoms with E-state index >= 15 is 0 Å². The lowest BCUT2D eigenvalue weighted by molar-refractivity contribution is -0.337. The van der Waals surface area contributed by atoms with Gasteiger partial charge < -0.3 is 39.0 Å². The molecule has 8 heteroatoms. The molecule has 8 nitrogen and oxygen atoms in total. The zero-order valence-corrected chi connectivity index (χ0v) is 13.3. The molecular formula is C14H26O8. The van der Waals surface area contributed by atoms with Gasteiger partial charge in [0.25, 0.3) is 0 Å². The molecule has 130 valence electrons. The molecule has 0 aliphatic carbocycles. The summed E-state index contributed by atoms with van der Waals surface area (Å²) >= 11 is 0. The Hall–Kier alpha value is -0.320. The highest BCUT2D eigenvalue weighted by atomic mass is 16.7. The third-order valence-electron chi connectivity index (χ3n) is 4.28. The number of rotatable bonds is 4. The fourth-order valence-electron chi connectivity index (χ4n) is 2.99. The van der Waals surface area contributed by atoms with Crippen LogP contribution in [0.25, 0.3) is 0 Å². The van der Waals surface area contributed by atoms with Crippen LogP contribution in [0, 0.1) is 0 Å². The van der Waals surface area contributed by atoms with E-state index in [1.807, 2.05) is 0 Å². The third kappa shape index (κ3) is 3.60. The Bertz CT molecular complexity index is 354. The first-order chi connectivity index (χ1) is 10.4. The predicted molar refractivity (Wildman–Crippen MR) is 74.0 cm³/mol. The van der Waals surface area contributed by atoms with Crippen LogP contribution in [0.15, 0.2) is 0 Å². The van der Waals surface area contributed by atoms with Gasteiger partial charge in [0.2, 0.25) is 0 Å². The first kappa shape index (κ1) is 18.0. The average molecular weight is 322 g/mol. The van der Waals surface area contributed by atoms with E-state index in [-0.39, 0.29) is 6.42 Å². The molecule has 22 heavy (non-hydrogen) atoms. The molecule has 0 aromatic rings. The van der Waals surface area contributed by atoms with Gasteiger partial charge >= 0.3 is 0 Å². The molecular weight excluding hydrogens is 296 g/mol. The van der Waals surface area contributed by atoms with E-state index in [2.05, 4.69) is 0 Å². The zero-order valence-electron chi connectivity index (χ0n) is 13.3. The molecule has 0 aromatic carbocycles. The van der Waals surface area contributed by atoms with Crippen LogP contribution in [-0.2, 0) is 23.7 Å². The highest BCUT2D eigenvalue weighted by molar-refractivity contribution is 4.90. The second-order valence-corrected chi connectivity index (χ2v) is 5.80. The van der Waals surface area contributed by atoms with Gasteiger partial charge in [0.15, 0.2) is 12.6 Å². The lowest BCUT2D eigenvalue weighted by atomic mass is 9.98. The molecule has 9 atom stereocenters. The van der Waals surface area contributed by atoms with Crippen LogP contribution in [0.4, 0.5) is 0 Å². The molecule has 2 heterocycles. The summed E-state index contributed by atoms with van der Waals surface area (Å²) in [6, 6.07) is 0. The van der Waals surface area contributed by atoms with Crippen LogP contribution in [0.5, 0.6) is 0 Å². The van der Waals surface area contributed by atoms with E-state index in [9.17, 15) is 15.3 Å². The molecule has 2 aliphatic rings. The Balaban J connectivity index is 2.07. The van der Waals surface area contributed by atoms with Crippen molar-refractivity contribution in [3.8, 4) is 0 Å². The molecule has 0 spiro atoms. The van der Waals surface area contributed by atoms with E-state index in [1.54, 1.807) is 13.8 Å². The first-order valence-corrected chi connectivity index (χ1v) is 7.45. The molecule has 3 N–H and O–H groups in total. The summed E-state index contributed by atoms with van der Waals surface area (Å²) < 4.78 is 27.2. The van der Waals surface area contributed by atoms with E-state index in [0.29, 0.717) is 0 Å². The Labute approximate surface area is 129 Å². The number of methoxy groups -OCH3 is 2. The lowest BCUT2D eigenvalue weighted by Crippen LogP contribution is -2.60.